The lowest BCUT2D eigenvalue weighted by molar-refractivity contribution is 0.102. The predicted molar refractivity (Wildman–Crippen MR) is 93.6 cm³/mol. The number of para-hydroxylation sites is 1. The number of hydrogen-bond donors (Lipinski definition) is 1. The van der Waals surface area contributed by atoms with Gasteiger partial charge in [-0.1, -0.05) is 65.0 Å². The average molecular weight is 295 g/mol. The highest BCUT2D eigenvalue weighted by molar-refractivity contribution is 6.04. The highest BCUT2D eigenvalue weighted by Crippen LogP contribution is 2.25. The van der Waals surface area contributed by atoms with Crippen LogP contribution in [0.1, 0.15) is 62.0 Å². The van der Waals surface area contributed by atoms with Gasteiger partial charge in [0.25, 0.3) is 5.91 Å². The molecule has 0 heterocycles. The lowest BCUT2D eigenvalue weighted by atomic mass is 9.86. The monoisotopic (exact) mass is 295 g/mol. The molecule has 0 atom stereocenters. The van der Waals surface area contributed by atoms with Gasteiger partial charge in [0.05, 0.1) is 0 Å². The highest BCUT2D eigenvalue weighted by Gasteiger charge is 2.15. The van der Waals surface area contributed by atoms with E-state index in [2.05, 4.69) is 46.0 Å². The van der Waals surface area contributed by atoms with Gasteiger partial charge in [0.15, 0.2) is 0 Å². The molecule has 0 aliphatic carbocycles. The molecule has 0 aliphatic rings. The second-order valence-electron chi connectivity index (χ2n) is 7.02. The molecule has 1 N–H and O–H groups in total. The first-order valence-electron chi connectivity index (χ1n) is 7.80. The zero-order valence-corrected chi connectivity index (χ0v) is 14.1. The average Bonchev–Trinajstić information content (AvgIpc) is 2.46. The van der Waals surface area contributed by atoms with Crippen molar-refractivity contribution in [1.82, 2.24) is 0 Å². The summed E-state index contributed by atoms with van der Waals surface area (Å²) in [6, 6.07) is 15.8. The van der Waals surface area contributed by atoms with Crippen molar-refractivity contribution in [3.8, 4) is 0 Å². The minimum Gasteiger partial charge on any atom is -0.322 e. The normalized spacial score (nSPS) is 11.5. The van der Waals surface area contributed by atoms with Gasteiger partial charge < -0.3 is 5.32 Å². The van der Waals surface area contributed by atoms with Crippen LogP contribution in [0.25, 0.3) is 0 Å². The maximum Gasteiger partial charge on any atom is 0.255 e. The second-order valence-corrected chi connectivity index (χ2v) is 7.02. The zero-order valence-electron chi connectivity index (χ0n) is 14.1. The number of hydrogen-bond acceptors (Lipinski definition) is 1. The SMILES string of the molecule is CC(C)c1ccccc1NC(=O)c1ccc(C(C)(C)C)cc1. The third-order valence-electron chi connectivity index (χ3n) is 3.84. The van der Waals surface area contributed by atoms with Gasteiger partial charge in [-0.05, 0) is 40.7 Å². The van der Waals surface area contributed by atoms with Crippen LogP contribution in [0.5, 0.6) is 0 Å². The highest BCUT2D eigenvalue weighted by atomic mass is 16.1. The van der Waals surface area contributed by atoms with Crippen molar-refractivity contribution in [2.24, 2.45) is 0 Å². The van der Waals surface area contributed by atoms with E-state index in [1.54, 1.807) is 0 Å². The number of nitrogens with one attached hydrogen (secondary N) is 1. The Morgan fingerprint density at radius 1 is 0.955 bits per heavy atom. The second kappa shape index (κ2) is 6.35. The summed E-state index contributed by atoms with van der Waals surface area (Å²) in [6.07, 6.45) is 0. The molecule has 2 aromatic rings. The number of anilines is 1. The fourth-order valence-corrected chi connectivity index (χ4v) is 2.43. The summed E-state index contributed by atoms with van der Waals surface area (Å²) in [4.78, 5) is 12.4. The van der Waals surface area contributed by atoms with E-state index in [9.17, 15) is 4.79 Å². The lowest BCUT2D eigenvalue weighted by Gasteiger charge is -2.19. The van der Waals surface area contributed by atoms with Crippen molar-refractivity contribution in [2.75, 3.05) is 5.32 Å². The van der Waals surface area contributed by atoms with E-state index in [1.165, 1.54) is 5.56 Å². The van der Waals surface area contributed by atoms with Gasteiger partial charge in [-0.2, -0.15) is 0 Å². The van der Waals surface area contributed by atoms with Crippen LogP contribution in [-0.4, -0.2) is 5.91 Å². The Morgan fingerprint density at radius 3 is 2.09 bits per heavy atom. The first kappa shape index (κ1) is 16.3. The van der Waals surface area contributed by atoms with Gasteiger partial charge >= 0.3 is 0 Å². The standard InChI is InChI=1S/C20H25NO/c1-14(2)17-8-6-7-9-18(17)21-19(22)15-10-12-16(13-11-15)20(3,4)5/h6-14H,1-5H3,(H,21,22). The Morgan fingerprint density at radius 2 is 1.55 bits per heavy atom. The molecule has 0 saturated heterocycles. The summed E-state index contributed by atoms with van der Waals surface area (Å²) in [5.41, 5.74) is 4.06. The molecule has 0 bridgehead atoms. The van der Waals surface area contributed by atoms with Crippen LogP contribution in [0.2, 0.25) is 0 Å². The summed E-state index contributed by atoms with van der Waals surface area (Å²) in [5.74, 6) is 0.313. The summed E-state index contributed by atoms with van der Waals surface area (Å²) >= 11 is 0. The minimum absolute atomic E-state index is 0.0615. The number of rotatable bonds is 3. The Bertz CT molecular complexity index is 648. The quantitative estimate of drug-likeness (QED) is 0.811. The molecule has 2 nitrogen and oxygen atoms in total. The molecule has 2 aromatic carbocycles. The molecule has 0 radical (unpaired) electrons. The zero-order chi connectivity index (χ0) is 16.3. The fraction of sp³-hybridized carbons (Fsp3) is 0.350. The first-order valence-corrected chi connectivity index (χ1v) is 7.80. The van der Waals surface area contributed by atoms with Crippen molar-refractivity contribution in [1.29, 1.82) is 0 Å². The van der Waals surface area contributed by atoms with Crippen molar-refractivity contribution in [2.45, 2.75) is 46.0 Å². The van der Waals surface area contributed by atoms with Crippen molar-refractivity contribution < 1.29 is 4.79 Å². The van der Waals surface area contributed by atoms with E-state index in [0.717, 1.165) is 11.3 Å². The number of amides is 1. The van der Waals surface area contributed by atoms with Gasteiger partial charge in [0.1, 0.15) is 0 Å². The van der Waals surface area contributed by atoms with Crippen molar-refractivity contribution in [3.05, 3.63) is 65.2 Å². The molecule has 0 saturated carbocycles. The molecule has 0 unspecified atom stereocenters. The van der Waals surface area contributed by atoms with Gasteiger partial charge in [0.2, 0.25) is 0 Å². The molecule has 0 fully saturated rings. The lowest BCUT2D eigenvalue weighted by Crippen LogP contribution is -2.15. The Balaban J connectivity index is 2.20. The van der Waals surface area contributed by atoms with E-state index in [4.69, 9.17) is 0 Å². The molecule has 2 heteroatoms. The van der Waals surface area contributed by atoms with Gasteiger partial charge in [-0.15, -0.1) is 0 Å². The molecular weight excluding hydrogens is 270 g/mol. The molecule has 1 amide bonds. The minimum atomic E-state index is -0.0615. The Kier molecular flexibility index (Phi) is 4.70. The van der Waals surface area contributed by atoms with Crippen LogP contribution in [0.3, 0.4) is 0 Å². The molecule has 116 valence electrons. The number of carbonyl (C=O) groups excluding carboxylic acids is 1. The van der Waals surface area contributed by atoms with Crippen LogP contribution in [0.4, 0.5) is 5.69 Å². The van der Waals surface area contributed by atoms with E-state index in [0.29, 0.717) is 11.5 Å². The van der Waals surface area contributed by atoms with Crippen LogP contribution in [-0.2, 0) is 5.41 Å². The molecule has 22 heavy (non-hydrogen) atoms. The smallest absolute Gasteiger partial charge is 0.255 e. The van der Waals surface area contributed by atoms with Crippen molar-refractivity contribution in [3.63, 3.8) is 0 Å². The topological polar surface area (TPSA) is 29.1 Å². The van der Waals surface area contributed by atoms with E-state index < -0.39 is 0 Å². The van der Waals surface area contributed by atoms with E-state index in [1.807, 2.05) is 42.5 Å². The van der Waals surface area contributed by atoms with Gasteiger partial charge in [-0.3, -0.25) is 4.79 Å². The van der Waals surface area contributed by atoms with Crippen LogP contribution < -0.4 is 5.32 Å². The maximum absolute atomic E-state index is 12.4. The van der Waals surface area contributed by atoms with Gasteiger partial charge in [0, 0.05) is 11.3 Å². The maximum atomic E-state index is 12.4. The van der Waals surface area contributed by atoms with Crippen molar-refractivity contribution >= 4 is 11.6 Å². The summed E-state index contributed by atoms with van der Waals surface area (Å²) in [6.45, 7) is 10.8. The summed E-state index contributed by atoms with van der Waals surface area (Å²) in [5, 5.41) is 3.03. The van der Waals surface area contributed by atoms with Crippen LogP contribution in [0.15, 0.2) is 48.5 Å². The predicted octanol–water partition coefficient (Wildman–Crippen LogP) is 5.36. The fourth-order valence-electron chi connectivity index (χ4n) is 2.43. The van der Waals surface area contributed by atoms with Crippen LogP contribution in [0, 0.1) is 0 Å². The molecule has 0 aromatic heterocycles. The molecule has 0 aliphatic heterocycles. The Labute approximate surface area is 133 Å². The summed E-state index contributed by atoms with van der Waals surface area (Å²) in [7, 11) is 0. The first-order chi connectivity index (χ1) is 10.3. The molecule has 2 rings (SSSR count). The van der Waals surface area contributed by atoms with E-state index in [-0.39, 0.29) is 11.3 Å². The Hall–Kier alpha value is -2.09. The third kappa shape index (κ3) is 3.76. The molecule has 0 spiro atoms. The van der Waals surface area contributed by atoms with Crippen LogP contribution >= 0.6 is 0 Å². The number of benzene rings is 2. The van der Waals surface area contributed by atoms with Gasteiger partial charge in [-0.25, -0.2) is 0 Å². The van der Waals surface area contributed by atoms with E-state index >= 15 is 0 Å². The number of carbonyl (C=O) groups is 1. The third-order valence-corrected chi connectivity index (χ3v) is 3.84. The largest absolute Gasteiger partial charge is 0.322 e. The summed E-state index contributed by atoms with van der Waals surface area (Å²) < 4.78 is 0. The molecular formula is C20H25NO.